The highest BCUT2D eigenvalue weighted by atomic mass is 32.2. The number of likely N-dealkylation sites (tertiary alicyclic amines) is 1. The largest absolute Gasteiger partial charge is 0.438 e. The Morgan fingerprint density at radius 2 is 2.04 bits per heavy atom. The monoisotopic (exact) mass is 335 g/mol. The minimum absolute atomic E-state index is 0.0276. The standard InChI is InChI=1S/C15H17N3O4S/c1-16-23(20,21)14-5-4-13(22-14)15(19)18-10-2-3-12(18)11-6-8-17-9-7-11/h4-9,12,16H,2-3,10H2,1H3. The van der Waals surface area contributed by atoms with Crippen LogP contribution in [0.2, 0.25) is 0 Å². The van der Waals surface area contributed by atoms with Gasteiger partial charge in [-0.05, 0) is 49.7 Å². The number of hydrogen-bond donors (Lipinski definition) is 1. The summed E-state index contributed by atoms with van der Waals surface area (Å²) in [5, 5.41) is -0.261. The first-order valence-electron chi connectivity index (χ1n) is 7.27. The van der Waals surface area contributed by atoms with Crippen molar-refractivity contribution in [3.05, 3.63) is 48.0 Å². The van der Waals surface area contributed by atoms with Crippen molar-refractivity contribution in [2.24, 2.45) is 0 Å². The number of nitrogens with zero attached hydrogens (tertiary/aromatic N) is 2. The van der Waals surface area contributed by atoms with Gasteiger partial charge in [0.15, 0.2) is 5.76 Å². The maximum Gasteiger partial charge on any atom is 0.290 e. The zero-order chi connectivity index (χ0) is 16.4. The molecule has 1 N–H and O–H groups in total. The average molecular weight is 335 g/mol. The lowest BCUT2D eigenvalue weighted by Gasteiger charge is -2.24. The van der Waals surface area contributed by atoms with E-state index >= 15 is 0 Å². The first-order valence-corrected chi connectivity index (χ1v) is 8.75. The van der Waals surface area contributed by atoms with Crippen molar-refractivity contribution in [1.29, 1.82) is 0 Å². The number of carbonyl (C=O) groups excluding carboxylic acids is 1. The summed E-state index contributed by atoms with van der Waals surface area (Å²) in [4.78, 5) is 18.4. The molecule has 2 aromatic rings. The van der Waals surface area contributed by atoms with E-state index in [4.69, 9.17) is 4.42 Å². The van der Waals surface area contributed by atoms with Crippen LogP contribution in [0.25, 0.3) is 0 Å². The Balaban J connectivity index is 1.85. The zero-order valence-electron chi connectivity index (χ0n) is 12.6. The summed E-state index contributed by atoms with van der Waals surface area (Å²) in [6, 6.07) is 6.41. The van der Waals surface area contributed by atoms with Gasteiger partial charge in [0.25, 0.3) is 15.9 Å². The summed E-state index contributed by atoms with van der Waals surface area (Å²) in [5.74, 6) is -0.276. The minimum Gasteiger partial charge on any atom is -0.438 e. The summed E-state index contributed by atoms with van der Waals surface area (Å²) in [7, 11) is -2.40. The fourth-order valence-corrected chi connectivity index (χ4v) is 3.41. The summed E-state index contributed by atoms with van der Waals surface area (Å²) < 4.78 is 30.8. The van der Waals surface area contributed by atoms with Crippen molar-refractivity contribution in [2.75, 3.05) is 13.6 Å². The topological polar surface area (TPSA) is 92.5 Å². The van der Waals surface area contributed by atoms with E-state index in [0.717, 1.165) is 18.4 Å². The van der Waals surface area contributed by atoms with E-state index in [9.17, 15) is 13.2 Å². The fraction of sp³-hybridized carbons (Fsp3) is 0.333. The SMILES string of the molecule is CNS(=O)(=O)c1ccc(C(=O)N2CCCC2c2ccncc2)o1. The number of aromatic nitrogens is 1. The number of rotatable bonds is 4. The second-order valence-corrected chi connectivity index (χ2v) is 7.08. The molecule has 0 aromatic carbocycles. The number of sulfonamides is 1. The van der Waals surface area contributed by atoms with E-state index in [1.54, 1.807) is 17.3 Å². The normalized spacial score (nSPS) is 18.3. The van der Waals surface area contributed by atoms with Gasteiger partial charge in [-0.1, -0.05) is 0 Å². The Kier molecular flexibility index (Phi) is 4.18. The van der Waals surface area contributed by atoms with Gasteiger partial charge in [0, 0.05) is 18.9 Å². The summed E-state index contributed by atoms with van der Waals surface area (Å²) in [6.07, 6.45) is 5.14. The van der Waals surface area contributed by atoms with E-state index in [1.807, 2.05) is 12.1 Å². The maximum absolute atomic E-state index is 12.7. The molecular formula is C15H17N3O4S. The van der Waals surface area contributed by atoms with E-state index in [-0.39, 0.29) is 22.8 Å². The molecule has 1 saturated heterocycles. The molecule has 0 bridgehead atoms. The molecule has 0 saturated carbocycles. The Hall–Kier alpha value is -2.19. The summed E-state index contributed by atoms with van der Waals surface area (Å²) in [5.41, 5.74) is 1.01. The summed E-state index contributed by atoms with van der Waals surface area (Å²) >= 11 is 0. The molecule has 3 heterocycles. The highest BCUT2D eigenvalue weighted by molar-refractivity contribution is 7.89. The van der Waals surface area contributed by atoms with Crippen LogP contribution >= 0.6 is 0 Å². The van der Waals surface area contributed by atoms with Gasteiger partial charge < -0.3 is 9.32 Å². The van der Waals surface area contributed by atoms with Crippen LogP contribution in [0, 0.1) is 0 Å². The molecule has 1 atom stereocenters. The number of hydrogen-bond acceptors (Lipinski definition) is 5. The molecule has 0 aliphatic carbocycles. The Morgan fingerprint density at radius 1 is 1.30 bits per heavy atom. The van der Waals surface area contributed by atoms with Gasteiger partial charge in [-0.15, -0.1) is 0 Å². The number of furan rings is 1. The van der Waals surface area contributed by atoms with E-state index in [0.29, 0.717) is 6.54 Å². The first-order chi connectivity index (χ1) is 11.0. The highest BCUT2D eigenvalue weighted by Gasteiger charge is 2.32. The van der Waals surface area contributed by atoms with Crippen molar-refractivity contribution >= 4 is 15.9 Å². The van der Waals surface area contributed by atoms with Crippen LogP contribution in [0.5, 0.6) is 0 Å². The van der Waals surface area contributed by atoms with Crippen LogP contribution in [-0.4, -0.2) is 37.8 Å². The van der Waals surface area contributed by atoms with Crippen LogP contribution in [0.3, 0.4) is 0 Å². The number of pyridine rings is 1. The van der Waals surface area contributed by atoms with E-state index in [1.165, 1.54) is 19.2 Å². The Labute approximate surface area is 134 Å². The molecule has 1 amide bonds. The molecule has 0 spiro atoms. The predicted molar refractivity (Wildman–Crippen MR) is 82.2 cm³/mol. The molecule has 1 aliphatic heterocycles. The van der Waals surface area contributed by atoms with Gasteiger partial charge >= 0.3 is 0 Å². The lowest BCUT2D eigenvalue weighted by atomic mass is 10.1. The molecule has 7 nitrogen and oxygen atoms in total. The van der Waals surface area contributed by atoms with Gasteiger partial charge in [0.05, 0.1) is 6.04 Å². The molecule has 8 heteroatoms. The maximum atomic E-state index is 12.7. The third-order valence-electron chi connectivity index (χ3n) is 3.93. The van der Waals surface area contributed by atoms with Crippen LogP contribution in [0.15, 0.2) is 46.2 Å². The summed E-state index contributed by atoms with van der Waals surface area (Å²) in [6.45, 7) is 0.612. The Morgan fingerprint density at radius 3 is 2.74 bits per heavy atom. The zero-order valence-corrected chi connectivity index (χ0v) is 13.4. The van der Waals surface area contributed by atoms with E-state index < -0.39 is 10.0 Å². The van der Waals surface area contributed by atoms with Crippen LogP contribution in [-0.2, 0) is 10.0 Å². The molecule has 2 aromatic heterocycles. The second kappa shape index (κ2) is 6.13. The van der Waals surface area contributed by atoms with Crippen molar-refractivity contribution in [3.8, 4) is 0 Å². The molecule has 0 radical (unpaired) electrons. The third-order valence-corrected chi connectivity index (χ3v) is 5.22. The number of amides is 1. The molecule has 1 aliphatic rings. The van der Waals surface area contributed by atoms with Crippen LogP contribution in [0.1, 0.15) is 35.0 Å². The molecule has 3 rings (SSSR count). The number of nitrogens with one attached hydrogen (secondary N) is 1. The fourth-order valence-electron chi connectivity index (χ4n) is 2.76. The van der Waals surface area contributed by atoms with Gasteiger partial charge in [0.1, 0.15) is 0 Å². The van der Waals surface area contributed by atoms with Gasteiger partial charge in [-0.2, -0.15) is 0 Å². The van der Waals surface area contributed by atoms with Crippen LogP contribution < -0.4 is 4.72 Å². The molecule has 122 valence electrons. The van der Waals surface area contributed by atoms with Crippen LogP contribution in [0.4, 0.5) is 0 Å². The van der Waals surface area contributed by atoms with E-state index in [2.05, 4.69) is 9.71 Å². The lowest BCUT2D eigenvalue weighted by Crippen LogP contribution is -2.30. The van der Waals surface area contributed by atoms with Crippen molar-refractivity contribution < 1.29 is 17.6 Å². The van der Waals surface area contributed by atoms with Gasteiger partial charge in [0.2, 0.25) is 5.09 Å². The smallest absolute Gasteiger partial charge is 0.290 e. The highest BCUT2D eigenvalue weighted by Crippen LogP contribution is 2.33. The molecule has 1 fully saturated rings. The molecular weight excluding hydrogens is 318 g/mol. The van der Waals surface area contributed by atoms with Crippen molar-refractivity contribution in [3.63, 3.8) is 0 Å². The van der Waals surface area contributed by atoms with Crippen molar-refractivity contribution in [2.45, 2.75) is 24.0 Å². The quantitative estimate of drug-likeness (QED) is 0.915. The molecule has 23 heavy (non-hydrogen) atoms. The third kappa shape index (κ3) is 2.99. The predicted octanol–water partition coefficient (Wildman–Crippen LogP) is 1.56. The average Bonchev–Trinajstić information content (AvgIpc) is 3.24. The Bertz CT molecular complexity index is 801. The van der Waals surface area contributed by atoms with Gasteiger partial charge in [-0.25, -0.2) is 13.1 Å². The molecule has 1 unspecified atom stereocenters. The first kappa shape index (κ1) is 15.7. The van der Waals surface area contributed by atoms with Gasteiger partial charge in [-0.3, -0.25) is 9.78 Å². The lowest BCUT2D eigenvalue weighted by molar-refractivity contribution is 0.0697. The number of carbonyl (C=O) groups is 1. The minimum atomic E-state index is -3.70. The second-order valence-electron chi connectivity index (χ2n) is 5.26. The van der Waals surface area contributed by atoms with Crippen molar-refractivity contribution in [1.82, 2.24) is 14.6 Å².